The second kappa shape index (κ2) is 8.10. The van der Waals surface area contributed by atoms with Gasteiger partial charge in [-0.1, -0.05) is 78.3 Å². The van der Waals surface area contributed by atoms with Crippen molar-refractivity contribution in [1.29, 1.82) is 0 Å². The van der Waals surface area contributed by atoms with E-state index in [0.29, 0.717) is 26.9 Å². The van der Waals surface area contributed by atoms with Crippen molar-refractivity contribution in [3.05, 3.63) is 106 Å². The lowest BCUT2D eigenvalue weighted by atomic mass is 9.81. The largest absolute Gasteiger partial charge is 0.507 e. The first kappa shape index (κ1) is 21.3. The van der Waals surface area contributed by atoms with E-state index in [2.05, 4.69) is 5.32 Å². The zero-order chi connectivity index (χ0) is 23.2. The molecule has 4 aromatic carbocycles. The molecule has 5 rings (SSSR count). The first-order chi connectivity index (χ1) is 16.0. The summed E-state index contributed by atoms with van der Waals surface area (Å²) < 4.78 is 5.26. The summed E-state index contributed by atoms with van der Waals surface area (Å²) in [5.74, 6) is -0.581. The van der Waals surface area contributed by atoms with Crippen LogP contribution in [0.5, 0.6) is 11.5 Å². The number of halogens is 1. The van der Waals surface area contributed by atoms with E-state index in [1.807, 2.05) is 42.5 Å². The van der Waals surface area contributed by atoms with E-state index in [9.17, 15) is 15.0 Å². The monoisotopic (exact) mass is 459 g/mol. The van der Waals surface area contributed by atoms with E-state index in [0.717, 1.165) is 11.1 Å². The molecular formula is C27H22ClNO4. The second-order valence-electron chi connectivity index (χ2n) is 8.22. The predicted octanol–water partition coefficient (Wildman–Crippen LogP) is 5.21. The number of rotatable bonds is 4. The maximum atomic E-state index is 13.4. The molecule has 6 heteroatoms. The van der Waals surface area contributed by atoms with Gasteiger partial charge in [-0.25, -0.2) is 4.79 Å². The molecule has 1 aliphatic heterocycles. The Morgan fingerprint density at radius 1 is 0.939 bits per heavy atom. The zero-order valence-corrected chi connectivity index (χ0v) is 18.6. The third kappa shape index (κ3) is 3.32. The molecule has 2 atom stereocenters. The minimum absolute atomic E-state index is 0.0182. The summed E-state index contributed by atoms with van der Waals surface area (Å²) in [5, 5.41) is 27.9. The van der Waals surface area contributed by atoms with E-state index in [-0.39, 0.29) is 17.9 Å². The second-order valence-corrected chi connectivity index (χ2v) is 8.66. The number of carbonyl (C=O) groups excluding carboxylic acids is 1. The van der Waals surface area contributed by atoms with Crippen molar-refractivity contribution in [3.63, 3.8) is 0 Å². The van der Waals surface area contributed by atoms with Gasteiger partial charge in [-0.15, -0.1) is 0 Å². The molecule has 1 aliphatic rings. The Morgan fingerprint density at radius 2 is 1.55 bits per heavy atom. The van der Waals surface area contributed by atoms with Crippen molar-refractivity contribution < 1.29 is 19.7 Å². The van der Waals surface area contributed by atoms with Gasteiger partial charge in [0.05, 0.1) is 13.2 Å². The molecule has 0 aromatic heterocycles. The highest BCUT2D eigenvalue weighted by atomic mass is 35.5. The zero-order valence-electron chi connectivity index (χ0n) is 17.9. The van der Waals surface area contributed by atoms with Crippen LogP contribution in [0.3, 0.4) is 0 Å². The summed E-state index contributed by atoms with van der Waals surface area (Å²) in [5.41, 5.74) is 1.04. The molecule has 0 aliphatic carbocycles. The van der Waals surface area contributed by atoms with Crippen molar-refractivity contribution in [3.8, 4) is 11.5 Å². The Morgan fingerprint density at radius 3 is 2.18 bits per heavy atom. The summed E-state index contributed by atoms with van der Waals surface area (Å²) in [6.45, 7) is 0. The van der Waals surface area contributed by atoms with Crippen LogP contribution < -0.4 is 5.32 Å². The van der Waals surface area contributed by atoms with Crippen LogP contribution in [0.4, 0.5) is 0 Å². The molecule has 0 bridgehead atoms. The van der Waals surface area contributed by atoms with Crippen LogP contribution in [0.2, 0.25) is 5.02 Å². The third-order valence-electron chi connectivity index (χ3n) is 6.35. The van der Waals surface area contributed by atoms with Gasteiger partial charge < -0.3 is 14.9 Å². The fourth-order valence-electron chi connectivity index (χ4n) is 4.88. The van der Waals surface area contributed by atoms with E-state index < -0.39 is 17.6 Å². The van der Waals surface area contributed by atoms with Crippen LogP contribution >= 0.6 is 11.6 Å². The van der Waals surface area contributed by atoms with Crippen molar-refractivity contribution in [2.24, 2.45) is 0 Å². The van der Waals surface area contributed by atoms with Crippen LogP contribution in [-0.2, 0) is 21.5 Å². The van der Waals surface area contributed by atoms with E-state index >= 15 is 0 Å². The molecular weight excluding hydrogens is 438 g/mol. The number of nitrogens with one attached hydrogen (secondary N) is 1. The first-order valence-corrected chi connectivity index (χ1v) is 11.0. The number of carbonyl (C=O) groups is 1. The smallest absolute Gasteiger partial charge is 0.331 e. The Bertz CT molecular complexity index is 1350. The summed E-state index contributed by atoms with van der Waals surface area (Å²) in [6, 6.07) is 23.2. The van der Waals surface area contributed by atoms with Crippen molar-refractivity contribution in [1.82, 2.24) is 5.32 Å². The van der Waals surface area contributed by atoms with E-state index in [4.69, 9.17) is 16.3 Å². The van der Waals surface area contributed by atoms with E-state index in [1.54, 1.807) is 36.4 Å². The number of ether oxygens (including phenoxy) is 1. The number of phenols is 2. The molecule has 0 fully saturated rings. The van der Waals surface area contributed by atoms with Gasteiger partial charge >= 0.3 is 5.97 Å². The Kier molecular flexibility index (Phi) is 5.23. The van der Waals surface area contributed by atoms with Gasteiger partial charge in [-0.2, -0.15) is 0 Å². The fraction of sp³-hybridized carbons (Fsp3) is 0.148. The number of esters is 1. The standard InChI is InChI=1S/C27H22ClNO4/c1-33-26(32)27(15-16-7-3-2-4-8-16)22-21(23(29-27)17-11-13-18(28)14-12-17)24(30)19-9-5-6-10-20(19)25(22)31/h2-14,23,29-31H,15H2,1H3/t23-,27-/m1/s1. The number of phenolic OH excluding ortho intramolecular Hbond substituents is 2. The number of aromatic hydroxyl groups is 2. The lowest BCUT2D eigenvalue weighted by Crippen LogP contribution is -2.48. The minimum atomic E-state index is -1.42. The van der Waals surface area contributed by atoms with Gasteiger partial charge in [0.25, 0.3) is 0 Å². The van der Waals surface area contributed by atoms with Gasteiger partial charge in [0, 0.05) is 33.3 Å². The summed E-state index contributed by atoms with van der Waals surface area (Å²) >= 11 is 6.11. The van der Waals surface area contributed by atoms with Gasteiger partial charge in [0.2, 0.25) is 0 Å². The van der Waals surface area contributed by atoms with Crippen LogP contribution in [0, 0.1) is 0 Å². The van der Waals surface area contributed by atoms with E-state index in [1.165, 1.54) is 7.11 Å². The Labute approximate surface area is 196 Å². The average Bonchev–Trinajstić information content (AvgIpc) is 3.19. The minimum Gasteiger partial charge on any atom is -0.507 e. The van der Waals surface area contributed by atoms with Crippen LogP contribution in [0.1, 0.15) is 28.3 Å². The number of hydrogen-bond donors (Lipinski definition) is 3. The van der Waals surface area contributed by atoms with Gasteiger partial charge in [-0.3, -0.25) is 5.32 Å². The molecule has 0 unspecified atom stereocenters. The lowest BCUT2D eigenvalue weighted by molar-refractivity contribution is -0.149. The maximum absolute atomic E-state index is 13.4. The van der Waals surface area contributed by atoms with Gasteiger partial charge in [0.15, 0.2) is 5.54 Å². The van der Waals surface area contributed by atoms with Crippen molar-refractivity contribution in [2.75, 3.05) is 7.11 Å². The quantitative estimate of drug-likeness (QED) is 0.288. The molecule has 4 aromatic rings. The normalized spacial score (nSPS) is 19.4. The molecule has 0 saturated heterocycles. The van der Waals surface area contributed by atoms with Crippen LogP contribution in [-0.4, -0.2) is 23.3 Å². The third-order valence-corrected chi connectivity index (χ3v) is 6.61. The van der Waals surface area contributed by atoms with Crippen LogP contribution in [0.25, 0.3) is 10.8 Å². The fourth-order valence-corrected chi connectivity index (χ4v) is 5.01. The highest BCUT2D eigenvalue weighted by Gasteiger charge is 2.54. The van der Waals surface area contributed by atoms with Crippen LogP contribution in [0.15, 0.2) is 78.9 Å². The van der Waals surface area contributed by atoms with Crippen molar-refractivity contribution >= 4 is 28.3 Å². The number of methoxy groups -OCH3 is 1. The SMILES string of the molecule is COC(=O)[C@]1(Cc2ccccc2)N[C@H](c2ccc(Cl)cc2)c2c1c(O)c1ccccc1c2O. The molecule has 5 nitrogen and oxygen atoms in total. The van der Waals surface area contributed by atoms with Gasteiger partial charge in [0.1, 0.15) is 11.5 Å². The average molecular weight is 460 g/mol. The molecule has 33 heavy (non-hydrogen) atoms. The molecule has 0 saturated carbocycles. The highest BCUT2D eigenvalue weighted by Crippen LogP contribution is 2.54. The maximum Gasteiger partial charge on any atom is 0.331 e. The topological polar surface area (TPSA) is 78.8 Å². The molecule has 3 N–H and O–H groups in total. The number of benzene rings is 4. The molecule has 166 valence electrons. The highest BCUT2D eigenvalue weighted by molar-refractivity contribution is 6.30. The van der Waals surface area contributed by atoms with Crippen molar-refractivity contribution in [2.45, 2.75) is 18.0 Å². The molecule has 0 amide bonds. The van der Waals surface area contributed by atoms with Gasteiger partial charge in [-0.05, 0) is 23.3 Å². The summed E-state index contributed by atoms with van der Waals surface area (Å²) in [4.78, 5) is 13.4. The number of hydrogen-bond acceptors (Lipinski definition) is 5. The number of fused-ring (bicyclic) bond motifs is 2. The summed E-state index contributed by atoms with van der Waals surface area (Å²) in [6.07, 6.45) is 0.225. The molecule has 1 heterocycles. The molecule has 0 spiro atoms. The summed E-state index contributed by atoms with van der Waals surface area (Å²) in [7, 11) is 1.32. The molecule has 0 radical (unpaired) electrons. The Balaban J connectivity index is 1.84. The lowest BCUT2D eigenvalue weighted by Gasteiger charge is -2.30. The predicted molar refractivity (Wildman–Crippen MR) is 128 cm³/mol. The Hall–Kier alpha value is -3.54. The first-order valence-electron chi connectivity index (χ1n) is 10.6.